The van der Waals surface area contributed by atoms with Crippen molar-refractivity contribution in [1.29, 1.82) is 0 Å². The molecule has 0 aromatic rings. The van der Waals surface area contributed by atoms with Crippen LogP contribution in [0.3, 0.4) is 0 Å². The molecule has 2 atom stereocenters. The molecule has 3 N–H and O–H groups in total. The first-order chi connectivity index (χ1) is 18.6. The fraction of sp³-hybridized carbons (Fsp3) is 0.970. The summed E-state index contributed by atoms with van der Waals surface area (Å²) in [4.78, 5) is 12.7. The molecule has 2 unspecified atom stereocenters. The highest BCUT2D eigenvalue weighted by molar-refractivity contribution is 5.45. The lowest BCUT2D eigenvalue weighted by atomic mass is 10.0. The smallest absolute Gasteiger partial charge is 0.207 e. The van der Waals surface area contributed by atoms with Crippen molar-refractivity contribution >= 4 is 6.41 Å². The Bertz CT molecular complexity index is 432. The Labute approximate surface area is 237 Å². The molecular weight excluding hydrogens is 472 g/mol. The Hall–Kier alpha value is -0.650. The van der Waals surface area contributed by atoms with Gasteiger partial charge in [-0.05, 0) is 32.2 Å². The van der Waals surface area contributed by atoms with Gasteiger partial charge in [-0.3, -0.25) is 9.69 Å². The molecule has 5 heteroatoms. The zero-order valence-corrected chi connectivity index (χ0v) is 25.8. The lowest BCUT2D eigenvalue weighted by Gasteiger charge is -2.27. The number of rotatable bonds is 32. The number of hydrogen-bond donors (Lipinski definition) is 3. The number of amides is 1. The van der Waals surface area contributed by atoms with E-state index in [4.69, 9.17) is 0 Å². The van der Waals surface area contributed by atoms with Crippen molar-refractivity contribution in [3.8, 4) is 0 Å². The summed E-state index contributed by atoms with van der Waals surface area (Å²) in [7, 11) is 0. The van der Waals surface area contributed by atoms with Crippen molar-refractivity contribution in [2.75, 3.05) is 26.2 Å². The van der Waals surface area contributed by atoms with Crippen LogP contribution in [0.4, 0.5) is 0 Å². The number of carbonyl (C=O) groups excluding carboxylic acids is 1. The predicted octanol–water partition coefficient (Wildman–Crippen LogP) is 8.16. The summed E-state index contributed by atoms with van der Waals surface area (Å²) in [5.41, 5.74) is 0. The molecule has 0 saturated carbocycles. The topological polar surface area (TPSA) is 72.8 Å². The van der Waals surface area contributed by atoms with Crippen LogP contribution in [-0.2, 0) is 4.79 Å². The van der Waals surface area contributed by atoms with E-state index in [2.05, 4.69) is 24.1 Å². The number of carbonyl (C=O) groups is 1. The van der Waals surface area contributed by atoms with Crippen LogP contribution in [0.5, 0.6) is 0 Å². The highest BCUT2D eigenvalue weighted by Gasteiger charge is 2.15. The summed E-state index contributed by atoms with van der Waals surface area (Å²) < 4.78 is 0. The second-order valence-corrected chi connectivity index (χ2v) is 11.8. The summed E-state index contributed by atoms with van der Waals surface area (Å²) in [5.74, 6) is 0. The van der Waals surface area contributed by atoms with Crippen LogP contribution in [0.15, 0.2) is 0 Å². The zero-order valence-electron chi connectivity index (χ0n) is 25.8. The Balaban J connectivity index is 4.05. The average Bonchev–Trinajstić information content (AvgIpc) is 2.90. The van der Waals surface area contributed by atoms with Gasteiger partial charge in [0, 0.05) is 19.6 Å². The van der Waals surface area contributed by atoms with E-state index in [1.165, 1.54) is 116 Å². The Kier molecular flexibility index (Phi) is 30.4. The quantitative estimate of drug-likeness (QED) is 0.0594. The molecule has 0 rings (SSSR count). The van der Waals surface area contributed by atoms with Crippen LogP contribution in [0.1, 0.15) is 168 Å². The van der Waals surface area contributed by atoms with Gasteiger partial charge in [0.05, 0.1) is 12.2 Å². The van der Waals surface area contributed by atoms with Crippen LogP contribution in [0.2, 0.25) is 0 Å². The maximum atomic E-state index is 10.7. The molecule has 38 heavy (non-hydrogen) atoms. The SMILES string of the molecule is CCCCCCCCCCCCC(O)CN(CCCCNC=O)CC(O)CCCCCCCCCCCC. The molecule has 1 amide bonds. The maximum absolute atomic E-state index is 10.7. The first-order valence-corrected chi connectivity index (χ1v) is 16.9. The molecular formula is C33H68N2O3. The van der Waals surface area contributed by atoms with Gasteiger partial charge in [0.2, 0.25) is 6.41 Å². The number of hydrogen-bond acceptors (Lipinski definition) is 4. The normalized spacial score (nSPS) is 13.2. The number of nitrogens with zero attached hydrogens (tertiary/aromatic N) is 1. The number of aliphatic hydroxyl groups is 2. The van der Waals surface area contributed by atoms with Crippen molar-refractivity contribution in [2.45, 2.75) is 180 Å². The lowest BCUT2D eigenvalue weighted by molar-refractivity contribution is -0.109. The van der Waals surface area contributed by atoms with Gasteiger partial charge in [-0.2, -0.15) is 0 Å². The maximum Gasteiger partial charge on any atom is 0.207 e. The van der Waals surface area contributed by atoms with E-state index in [0.717, 1.165) is 51.5 Å². The molecule has 0 saturated heterocycles. The third-order valence-corrected chi connectivity index (χ3v) is 7.85. The van der Waals surface area contributed by atoms with Gasteiger partial charge in [0.25, 0.3) is 0 Å². The molecule has 228 valence electrons. The van der Waals surface area contributed by atoms with Crippen LogP contribution < -0.4 is 5.32 Å². The largest absolute Gasteiger partial charge is 0.392 e. The molecule has 0 heterocycles. The van der Waals surface area contributed by atoms with Crippen LogP contribution in [0.25, 0.3) is 0 Å². The molecule has 0 fully saturated rings. The Morgan fingerprint density at radius 1 is 0.553 bits per heavy atom. The van der Waals surface area contributed by atoms with E-state index in [9.17, 15) is 15.0 Å². The van der Waals surface area contributed by atoms with Crippen molar-refractivity contribution in [3.05, 3.63) is 0 Å². The monoisotopic (exact) mass is 541 g/mol. The predicted molar refractivity (Wildman–Crippen MR) is 165 cm³/mol. The van der Waals surface area contributed by atoms with Crippen molar-refractivity contribution < 1.29 is 15.0 Å². The summed E-state index contributed by atoms with van der Waals surface area (Å²) >= 11 is 0. The molecule has 0 aliphatic heterocycles. The number of aliphatic hydroxyl groups excluding tert-OH is 2. The summed E-state index contributed by atoms with van der Waals surface area (Å²) in [6, 6.07) is 0. The molecule has 0 bridgehead atoms. The van der Waals surface area contributed by atoms with Gasteiger partial charge in [0.1, 0.15) is 0 Å². The van der Waals surface area contributed by atoms with Crippen molar-refractivity contribution in [3.63, 3.8) is 0 Å². The summed E-state index contributed by atoms with van der Waals surface area (Å²) in [5, 5.41) is 24.1. The molecule has 0 aromatic carbocycles. The first-order valence-electron chi connectivity index (χ1n) is 16.9. The molecule has 0 spiro atoms. The molecule has 0 aliphatic rings. The van der Waals surface area contributed by atoms with Gasteiger partial charge in [-0.25, -0.2) is 0 Å². The van der Waals surface area contributed by atoms with E-state index in [1.807, 2.05) is 0 Å². The fourth-order valence-corrected chi connectivity index (χ4v) is 5.39. The Morgan fingerprint density at radius 2 is 0.921 bits per heavy atom. The van der Waals surface area contributed by atoms with Gasteiger partial charge < -0.3 is 15.5 Å². The number of unbranched alkanes of at least 4 members (excludes halogenated alkanes) is 19. The van der Waals surface area contributed by atoms with Crippen molar-refractivity contribution in [2.24, 2.45) is 0 Å². The van der Waals surface area contributed by atoms with E-state index in [-0.39, 0.29) is 12.2 Å². The van der Waals surface area contributed by atoms with Crippen LogP contribution in [0, 0.1) is 0 Å². The highest BCUT2D eigenvalue weighted by Crippen LogP contribution is 2.15. The molecule has 0 aromatic heterocycles. The van der Waals surface area contributed by atoms with Gasteiger partial charge in [0.15, 0.2) is 0 Å². The third-order valence-electron chi connectivity index (χ3n) is 7.85. The second kappa shape index (κ2) is 30.9. The molecule has 0 radical (unpaired) electrons. The average molecular weight is 541 g/mol. The molecule has 5 nitrogen and oxygen atoms in total. The second-order valence-electron chi connectivity index (χ2n) is 11.8. The minimum atomic E-state index is -0.318. The molecule has 0 aliphatic carbocycles. The van der Waals surface area contributed by atoms with E-state index in [1.54, 1.807) is 0 Å². The van der Waals surface area contributed by atoms with E-state index >= 15 is 0 Å². The number of nitrogens with one attached hydrogen (secondary N) is 1. The lowest BCUT2D eigenvalue weighted by Crippen LogP contribution is -2.39. The Morgan fingerprint density at radius 3 is 1.29 bits per heavy atom. The van der Waals surface area contributed by atoms with E-state index in [0.29, 0.717) is 19.6 Å². The van der Waals surface area contributed by atoms with Crippen LogP contribution >= 0.6 is 0 Å². The van der Waals surface area contributed by atoms with Gasteiger partial charge in [-0.15, -0.1) is 0 Å². The minimum absolute atomic E-state index is 0.318. The minimum Gasteiger partial charge on any atom is -0.392 e. The van der Waals surface area contributed by atoms with Gasteiger partial charge in [-0.1, -0.05) is 142 Å². The van der Waals surface area contributed by atoms with E-state index < -0.39 is 0 Å². The van der Waals surface area contributed by atoms with Gasteiger partial charge >= 0.3 is 0 Å². The van der Waals surface area contributed by atoms with Crippen molar-refractivity contribution in [1.82, 2.24) is 10.2 Å². The van der Waals surface area contributed by atoms with Crippen LogP contribution in [-0.4, -0.2) is 59.9 Å². The first kappa shape index (κ1) is 37.4. The highest BCUT2D eigenvalue weighted by atomic mass is 16.3. The zero-order chi connectivity index (χ0) is 27.9. The fourth-order valence-electron chi connectivity index (χ4n) is 5.39. The summed E-state index contributed by atoms with van der Waals surface area (Å²) in [6.07, 6.45) is 30.0. The summed E-state index contributed by atoms with van der Waals surface area (Å²) in [6.45, 7) is 7.39. The standard InChI is InChI=1S/C33H68N2O3/c1-3-5-7-9-11-13-15-17-19-21-25-32(37)29-35(28-24-23-27-34-31-36)30-33(38)26-22-20-18-16-14-12-10-8-6-4-2/h31-33,37-38H,3-30H2,1-2H3,(H,34,36). The third kappa shape index (κ3) is 28.4.